The maximum atomic E-state index is 12.2. The van der Waals surface area contributed by atoms with Gasteiger partial charge in [0, 0.05) is 25.9 Å². The van der Waals surface area contributed by atoms with E-state index in [2.05, 4.69) is 21.2 Å². The first-order chi connectivity index (χ1) is 10.0. The van der Waals surface area contributed by atoms with E-state index in [0.717, 1.165) is 9.35 Å². The summed E-state index contributed by atoms with van der Waals surface area (Å²) in [6.45, 7) is 2.82. The first-order valence-electron chi connectivity index (χ1n) is 6.28. The molecule has 0 aliphatic heterocycles. The summed E-state index contributed by atoms with van der Waals surface area (Å²) in [5, 5.41) is 2.79. The topological polar surface area (TPSA) is 60.3 Å². The summed E-state index contributed by atoms with van der Waals surface area (Å²) in [6.07, 6.45) is 1.62. The van der Waals surface area contributed by atoms with Crippen LogP contribution in [0, 0.1) is 6.92 Å². The molecule has 0 saturated carbocycles. The average Bonchev–Trinajstić information content (AvgIpc) is 2.79. The number of carbonyl (C=O) groups is 1. The number of methoxy groups -OCH3 is 1. The molecule has 0 bridgehead atoms. The largest absolute Gasteiger partial charge is 0.383 e. The number of hydrogen-bond acceptors (Lipinski definition) is 4. The number of amides is 1. The molecule has 21 heavy (non-hydrogen) atoms. The molecule has 0 unspecified atom stereocenters. The molecule has 0 saturated heterocycles. The average molecular weight is 371 g/mol. The third kappa shape index (κ3) is 4.03. The minimum Gasteiger partial charge on any atom is -0.383 e. The van der Waals surface area contributed by atoms with Crippen molar-refractivity contribution in [2.45, 2.75) is 13.5 Å². The van der Waals surface area contributed by atoms with Crippen molar-refractivity contribution in [3.05, 3.63) is 49.0 Å². The lowest BCUT2D eigenvalue weighted by Gasteiger charge is -2.08. The number of anilines is 1. The van der Waals surface area contributed by atoms with Crippen LogP contribution in [0.15, 0.2) is 33.0 Å². The van der Waals surface area contributed by atoms with Crippen molar-refractivity contribution in [3.63, 3.8) is 0 Å². The van der Waals surface area contributed by atoms with Gasteiger partial charge in [-0.1, -0.05) is 0 Å². The molecule has 0 atom stereocenters. The number of aromatic nitrogens is 1. The zero-order valence-corrected chi connectivity index (χ0v) is 14.1. The predicted molar refractivity (Wildman–Crippen MR) is 87.3 cm³/mol. The fraction of sp³-hybridized carbons (Fsp3) is 0.286. The van der Waals surface area contributed by atoms with E-state index in [4.69, 9.17) is 4.74 Å². The van der Waals surface area contributed by atoms with Gasteiger partial charge in [0.15, 0.2) is 0 Å². The van der Waals surface area contributed by atoms with Crippen molar-refractivity contribution in [1.82, 2.24) is 4.57 Å². The highest BCUT2D eigenvalue weighted by atomic mass is 79.9. The van der Waals surface area contributed by atoms with Crippen LogP contribution in [0.3, 0.4) is 0 Å². The number of nitrogens with zero attached hydrogens (tertiary/aromatic N) is 1. The molecule has 0 spiro atoms. The number of rotatable bonds is 5. The quantitative estimate of drug-likeness (QED) is 0.879. The SMILES string of the molecule is COCCn1cc(NC(=O)c2cc(C)c(Br)s2)ccc1=O. The van der Waals surface area contributed by atoms with E-state index in [1.807, 2.05) is 13.0 Å². The number of hydrogen-bond donors (Lipinski definition) is 1. The van der Waals surface area contributed by atoms with Crippen LogP contribution in [0.1, 0.15) is 15.2 Å². The molecule has 2 aromatic heterocycles. The maximum Gasteiger partial charge on any atom is 0.265 e. The van der Waals surface area contributed by atoms with E-state index in [0.29, 0.717) is 23.7 Å². The van der Waals surface area contributed by atoms with E-state index in [-0.39, 0.29) is 11.5 Å². The third-order valence-corrected chi connectivity index (χ3v) is 4.99. The fourth-order valence-corrected chi connectivity index (χ4v) is 3.16. The molecule has 7 heteroatoms. The molecule has 0 fully saturated rings. The maximum absolute atomic E-state index is 12.2. The van der Waals surface area contributed by atoms with Crippen molar-refractivity contribution in [1.29, 1.82) is 0 Å². The van der Waals surface area contributed by atoms with Crippen molar-refractivity contribution >= 4 is 38.9 Å². The van der Waals surface area contributed by atoms with Crippen LogP contribution in [0.25, 0.3) is 0 Å². The van der Waals surface area contributed by atoms with E-state index in [9.17, 15) is 9.59 Å². The highest BCUT2D eigenvalue weighted by Gasteiger charge is 2.12. The highest BCUT2D eigenvalue weighted by Crippen LogP contribution is 2.27. The van der Waals surface area contributed by atoms with Crippen molar-refractivity contribution in [3.8, 4) is 0 Å². The second kappa shape index (κ2) is 7.02. The number of halogens is 1. The minimum atomic E-state index is -0.189. The number of aryl methyl sites for hydroxylation is 1. The highest BCUT2D eigenvalue weighted by molar-refractivity contribution is 9.11. The Hall–Kier alpha value is -1.44. The van der Waals surface area contributed by atoms with Gasteiger partial charge in [0.1, 0.15) is 0 Å². The van der Waals surface area contributed by atoms with Crippen LogP contribution in [0.2, 0.25) is 0 Å². The monoisotopic (exact) mass is 370 g/mol. The number of carbonyl (C=O) groups excluding carboxylic acids is 1. The fourth-order valence-electron chi connectivity index (χ4n) is 1.73. The van der Waals surface area contributed by atoms with Gasteiger partial charge >= 0.3 is 0 Å². The van der Waals surface area contributed by atoms with Gasteiger partial charge in [-0.05, 0) is 40.5 Å². The first kappa shape index (κ1) is 15.9. The summed E-state index contributed by atoms with van der Waals surface area (Å²) in [4.78, 5) is 24.4. The van der Waals surface area contributed by atoms with Gasteiger partial charge in [-0.3, -0.25) is 9.59 Å². The van der Waals surface area contributed by atoms with Crippen LogP contribution in [-0.4, -0.2) is 24.2 Å². The third-order valence-electron chi connectivity index (χ3n) is 2.86. The van der Waals surface area contributed by atoms with E-state index in [1.165, 1.54) is 22.0 Å². The second-order valence-corrected chi connectivity index (χ2v) is 6.83. The molecule has 0 aromatic carbocycles. The van der Waals surface area contributed by atoms with Gasteiger partial charge in [0.05, 0.1) is 21.0 Å². The summed E-state index contributed by atoms with van der Waals surface area (Å²) in [5.74, 6) is -0.189. The van der Waals surface area contributed by atoms with Gasteiger partial charge < -0.3 is 14.6 Å². The molecule has 2 heterocycles. The van der Waals surface area contributed by atoms with Crippen LogP contribution in [0.5, 0.6) is 0 Å². The van der Waals surface area contributed by atoms with Crippen molar-refractivity contribution in [2.75, 3.05) is 19.0 Å². The van der Waals surface area contributed by atoms with E-state index in [1.54, 1.807) is 19.4 Å². The van der Waals surface area contributed by atoms with E-state index < -0.39 is 0 Å². The van der Waals surface area contributed by atoms with Gasteiger partial charge in [0.25, 0.3) is 11.5 Å². The number of thiophene rings is 1. The lowest BCUT2D eigenvalue weighted by molar-refractivity contribution is 0.103. The summed E-state index contributed by atoms with van der Waals surface area (Å²) < 4.78 is 7.41. The molecule has 0 aliphatic rings. The Morgan fingerprint density at radius 2 is 2.24 bits per heavy atom. The van der Waals surface area contributed by atoms with Crippen LogP contribution >= 0.6 is 27.3 Å². The Morgan fingerprint density at radius 3 is 2.86 bits per heavy atom. The lowest BCUT2D eigenvalue weighted by atomic mass is 10.3. The van der Waals surface area contributed by atoms with E-state index >= 15 is 0 Å². The molecule has 1 amide bonds. The zero-order chi connectivity index (χ0) is 15.4. The first-order valence-corrected chi connectivity index (χ1v) is 7.89. The van der Waals surface area contributed by atoms with Crippen molar-refractivity contribution < 1.29 is 9.53 Å². The van der Waals surface area contributed by atoms with Crippen molar-refractivity contribution in [2.24, 2.45) is 0 Å². The Labute approximate surface area is 134 Å². The standard InChI is InChI=1S/C14H15BrN2O3S/c1-9-7-11(21-13(9)15)14(19)16-10-3-4-12(18)17(8-10)5-6-20-2/h3-4,7-8H,5-6H2,1-2H3,(H,16,19). The summed E-state index contributed by atoms with van der Waals surface area (Å²) >= 11 is 4.78. The van der Waals surface area contributed by atoms with Gasteiger partial charge in [-0.2, -0.15) is 0 Å². The van der Waals surface area contributed by atoms with Crippen LogP contribution in [-0.2, 0) is 11.3 Å². The summed E-state index contributed by atoms with van der Waals surface area (Å²) in [6, 6.07) is 4.85. The second-order valence-electron chi connectivity index (χ2n) is 4.46. The molecule has 2 rings (SSSR count). The Kier molecular flexibility index (Phi) is 5.33. The lowest BCUT2D eigenvalue weighted by Crippen LogP contribution is -2.22. The Bertz CT molecular complexity index is 689. The van der Waals surface area contributed by atoms with Crippen LogP contribution in [0.4, 0.5) is 5.69 Å². The molecular formula is C14H15BrN2O3S. The number of pyridine rings is 1. The van der Waals surface area contributed by atoms with Gasteiger partial charge in [-0.25, -0.2) is 0 Å². The minimum absolute atomic E-state index is 0.125. The molecule has 1 N–H and O–H groups in total. The predicted octanol–water partition coefficient (Wildman–Crippen LogP) is 2.88. The Balaban J connectivity index is 2.15. The molecule has 2 aromatic rings. The smallest absolute Gasteiger partial charge is 0.265 e. The molecule has 0 aliphatic carbocycles. The zero-order valence-electron chi connectivity index (χ0n) is 11.7. The number of ether oxygens (including phenoxy) is 1. The summed E-state index contributed by atoms with van der Waals surface area (Å²) in [5.41, 5.74) is 1.48. The molecule has 112 valence electrons. The molecular weight excluding hydrogens is 356 g/mol. The normalized spacial score (nSPS) is 10.6. The molecule has 5 nitrogen and oxygen atoms in total. The van der Waals surface area contributed by atoms with Gasteiger partial charge in [-0.15, -0.1) is 11.3 Å². The van der Waals surface area contributed by atoms with Crippen LogP contribution < -0.4 is 10.9 Å². The summed E-state index contributed by atoms with van der Waals surface area (Å²) in [7, 11) is 1.58. The van der Waals surface area contributed by atoms with Gasteiger partial charge in [0.2, 0.25) is 0 Å². The molecule has 0 radical (unpaired) electrons. The Morgan fingerprint density at radius 1 is 1.48 bits per heavy atom. The number of nitrogens with one attached hydrogen (secondary N) is 1.